The SMILES string of the molecule is N#C/C(=C/c1cc(Cl)c(OCc2ccc(F)cc2)c(Br)c1)C(=O)Nc1ccccc1F. The number of nitriles is 1. The standard InChI is InChI=1S/C23H14BrClF2N2O2/c24-18-10-15(9-16(12-28)23(30)29-21-4-2-1-3-20(21)27)11-19(25)22(18)31-13-14-5-7-17(26)8-6-14/h1-11H,13H2,(H,29,30)/b16-9-. The third kappa shape index (κ3) is 5.91. The lowest BCUT2D eigenvalue weighted by Gasteiger charge is -2.11. The second kappa shape index (κ2) is 10.2. The van der Waals surface area contributed by atoms with Gasteiger partial charge in [0.1, 0.15) is 29.9 Å². The van der Waals surface area contributed by atoms with Gasteiger partial charge in [0.25, 0.3) is 5.91 Å². The summed E-state index contributed by atoms with van der Waals surface area (Å²) >= 11 is 9.67. The van der Waals surface area contributed by atoms with Gasteiger partial charge in [-0.15, -0.1) is 0 Å². The zero-order chi connectivity index (χ0) is 22.4. The van der Waals surface area contributed by atoms with Crippen molar-refractivity contribution in [3.63, 3.8) is 0 Å². The van der Waals surface area contributed by atoms with E-state index in [2.05, 4.69) is 21.2 Å². The lowest BCUT2D eigenvalue weighted by atomic mass is 10.1. The molecule has 0 bridgehead atoms. The lowest BCUT2D eigenvalue weighted by Crippen LogP contribution is -2.14. The number of benzene rings is 3. The average Bonchev–Trinajstić information content (AvgIpc) is 2.74. The van der Waals surface area contributed by atoms with Crippen LogP contribution in [0.2, 0.25) is 5.02 Å². The third-order valence-corrected chi connectivity index (χ3v) is 4.98. The molecule has 1 amide bonds. The van der Waals surface area contributed by atoms with E-state index in [9.17, 15) is 18.8 Å². The number of rotatable bonds is 6. The van der Waals surface area contributed by atoms with E-state index in [4.69, 9.17) is 16.3 Å². The molecule has 31 heavy (non-hydrogen) atoms. The molecule has 0 spiro atoms. The number of carbonyl (C=O) groups excluding carboxylic acids is 1. The molecule has 0 aliphatic rings. The summed E-state index contributed by atoms with van der Waals surface area (Å²) in [6, 6.07) is 16.5. The molecule has 0 aliphatic heterocycles. The number of carbonyl (C=O) groups is 1. The average molecular weight is 504 g/mol. The number of anilines is 1. The Kier molecular flexibility index (Phi) is 7.40. The van der Waals surface area contributed by atoms with Crippen LogP contribution in [0.15, 0.2) is 70.7 Å². The number of nitrogens with zero attached hydrogens (tertiary/aromatic N) is 1. The lowest BCUT2D eigenvalue weighted by molar-refractivity contribution is -0.112. The van der Waals surface area contributed by atoms with Gasteiger partial charge in [-0.25, -0.2) is 8.78 Å². The van der Waals surface area contributed by atoms with Crippen molar-refractivity contribution >= 4 is 45.2 Å². The zero-order valence-electron chi connectivity index (χ0n) is 15.8. The van der Waals surface area contributed by atoms with E-state index in [-0.39, 0.29) is 28.7 Å². The number of hydrogen-bond acceptors (Lipinski definition) is 3. The van der Waals surface area contributed by atoms with Crippen molar-refractivity contribution in [2.45, 2.75) is 6.61 Å². The molecule has 0 radical (unpaired) electrons. The molecule has 3 aromatic carbocycles. The molecule has 4 nitrogen and oxygen atoms in total. The molecular weight excluding hydrogens is 490 g/mol. The summed E-state index contributed by atoms with van der Waals surface area (Å²) in [5, 5.41) is 12.0. The van der Waals surface area contributed by atoms with E-state index in [1.54, 1.807) is 30.3 Å². The van der Waals surface area contributed by atoms with Gasteiger partial charge in [-0.3, -0.25) is 4.79 Å². The Balaban J connectivity index is 1.78. The Labute approximate surface area is 190 Å². The first-order valence-corrected chi connectivity index (χ1v) is 10.1. The fraction of sp³-hybridized carbons (Fsp3) is 0.0435. The molecule has 0 atom stereocenters. The zero-order valence-corrected chi connectivity index (χ0v) is 18.2. The van der Waals surface area contributed by atoms with Gasteiger partial charge in [-0.05, 0) is 69.5 Å². The topological polar surface area (TPSA) is 62.1 Å². The highest BCUT2D eigenvalue weighted by atomic mass is 79.9. The van der Waals surface area contributed by atoms with E-state index in [0.717, 1.165) is 5.56 Å². The summed E-state index contributed by atoms with van der Waals surface area (Å²) in [5.74, 6) is -1.35. The largest absolute Gasteiger partial charge is 0.486 e. The van der Waals surface area contributed by atoms with Crippen LogP contribution in [0.1, 0.15) is 11.1 Å². The van der Waals surface area contributed by atoms with Gasteiger partial charge in [-0.2, -0.15) is 5.26 Å². The summed E-state index contributed by atoms with van der Waals surface area (Å²) in [4.78, 5) is 12.4. The normalized spacial score (nSPS) is 11.0. The number of amides is 1. The number of ether oxygens (including phenoxy) is 1. The molecule has 0 fully saturated rings. The Bertz CT molecular complexity index is 1170. The highest BCUT2D eigenvalue weighted by molar-refractivity contribution is 9.10. The molecule has 0 saturated heterocycles. The monoisotopic (exact) mass is 502 g/mol. The minimum absolute atomic E-state index is 0.0302. The summed E-state index contributed by atoms with van der Waals surface area (Å²) in [5.41, 5.74) is 0.958. The van der Waals surface area contributed by atoms with Crippen molar-refractivity contribution in [2.24, 2.45) is 0 Å². The maximum absolute atomic E-state index is 13.7. The van der Waals surface area contributed by atoms with Gasteiger partial charge in [0.2, 0.25) is 0 Å². The quantitative estimate of drug-likeness (QED) is 0.308. The number of nitrogens with one attached hydrogen (secondary N) is 1. The van der Waals surface area contributed by atoms with Crippen molar-refractivity contribution < 1.29 is 18.3 Å². The maximum Gasteiger partial charge on any atom is 0.266 e. The highest BCUT2D eigenvalue weighted by Gasteiger charge is 2.14. The third-order valence-electron chi connectivity index (χ3n) is 4.12. The van der Waals surface area contributed by atoms with Gasteiger partial charge in [-0.1, -0.05) is 35.9 Å². The van der Waals surface area contributed by atoms with Gasteiger partial charge >= 0.3 is 0 Å². The second-order valence-electron chi connectivity index (χ2n) is 6.33. The maximum atomic E-state index is 13.7. The fourth-order valence-corrected chi connectivity index (χ4v) is 3.59. The Hall–Kier alpha value is -3.21. The fourth-order valence-electron chi connectivity index (χ4n) is 2.60. The van der Waals surface area contributed by atoms with Crippen LogP contribution >= 0.6 is 27.5 Å². The van der Waals surface area contributed by atoms with Crippen LogP contribution in [-0.4, -0.2) is 5.91 Å². The highest BCUT2D eigenvalue weighted by Crippen LogP contribution is 2.35. The summed E-state index contributed by atoms with van der Waals surface area (Å²) in [6.07, 6.45) is 1.33. The molecular formula is C23H14BrClF2N2O2. The first-order chi connectivity index (χ1) is 14.9. The van der Waals surface area contributed by atoms with E-state index in [1.807, 2.05) is 0 Å². The van der Waals surface area contributed by atoms with Gasteiger partial charge in [0, 0.05) is 0 Å². The number of hydrogen-bond donors (Lipinski definition) is 1. The van der Waals surface area contributed by atoms with Gasteiger partial charge in [0.05, 0.1) is 15.2 Å². The number of halogens is 4. The van der Waals surface area contributed by atoms with Crippen LogP contribution in [-0.2, 0) is 11.4 Å². The second-order valence-corrected chi connectivity index (χ2v) is 7.59. The first kappa shape index (κ1) is 22.5. The summed E-state index contributed by atoms with van der Waals surface area (Å²) < 4.78 is 33.0. The molecule has 0 aromatic heterocycles. The smallest absolute Gasteiger partial charge is 0.266 e. The molecule has 0 aliphatic carbocycles. The van der Waals surface area contributed by atoms with Crippen molar-refractivity contribution in [2.75, 3.05) is 5.32 Å². The summed E-state index contributed by atoms with van der Waals surface area (Å²) in [6.45, 7) is 0.169. The van der Waals surface area contributed by atoms with Crippen LogP contribution in [0.5, 0.6) is 5.75 Å². The van der Waals surface area contributed by atoms with Crippen molar-refractivity contribution in [1.29, 1.82) is 5.26 Å². The van der Waals surface area contributed by atoms with E-state index >= 15 is 0 Å². The van der Waals surface area contributed by atoms with Gasteiger partial charge < -0.3 is 10.1 Å². The van der Waals surface area contributed by atoms with Crippen LogP contribution in [0.25, 0.3) is 6.08 Å². The Morgan fingerprint density at radius 3 is 2.52 bits per heavy atom. The first-order valence-electron chi connectivity index (χ1n) is 8.91. The minimum atomic E-state index is -0.753. The molecule has 3 aromatic rings. The minimum Gasteiger partial charge on any atom is -0.486 e. The molecule has 0 saturated carbocycles. The van der Waals surface area contributed by atoms with Crippen molar-refractivity contribution in [3.05, 3.63) is 98.5 Å². The molecule has 0 heterocycles. The van der Waals surface area contributed by atoms with Crippen molar-refractivity contribution in [3.8, 4) is 11.8 Å². The Morgan fingerprint density at radius 1 is 1.16 bits per heavy atom. The molecule has 8 heteroatoms. The summed E-state index contributed by atoms with van der Waals surface area (Å²) in [7, 11) is 0. The molecule has 0 unspecified atom stereocenters. The van der Waals surface area contributed by atoms with Crippen LogP contribution in [0.3, 0.4) is 0 Å². The van der Waals surface area contributed by atoms with E-state index in [0.29, 0.717) is 15.8 Å². The van der Waals surface area contributed by atoms with E-state index < -0.39 is 11.7 Å². The molecule has 3 rings (SSSR count). The van der Waals surface area contributed by atoms with Gasteiger partial charge in [0.15, 0.2) is 5.75 Å². The van der Waals surface area contributed by atoms with E-state index in [1.165, 1.54) is 42.5 Å². The van der Waals surface area contributed by atoms with Crippen LogP contribution in [0, 0.1) is 23.0 Å². The molecule has 1 N–H and O–H groups in total. The van der Waals surface area contributed by atoms with Crippen molar-refractivity contribution in [1.82, 2.24) is 0 Å². The van der Waals surface area contributed by atoms with Crippen LogP contribution < -0.4 is 10.1 Å². The Morgan fingerprint density at radius 2 is 1.87 bits per heavy atom. The predicted molar refractivity (Wildman–Crippen MR) is 119 cm³/mol. The predicted octanol–water partition coefficient (Wildman–Crippen LogP) is 6.51. The molecule has 156 valence electrons. The number of para-hydroxylation sites is 1. The van der Waals surface area contributed by atoms with Crippen LogP contribution in [0.4, 0.5) is 14.5 Å².